The summed E-state index contributed by atoms with van der Waals surface area (Å²) in [4.78, 5) is 25.5. The van der Waals surface area contributed by atoms with Crippen LogP contribution in [0.4, 0.5) is 5.95 Å². The Morgan fingerprint density at radius 3 is 2.59 bits per heavy atom. The van der Waals surface area contributed by atoms with E-state index < -0.39 is 18.1 Å². The highest BCUT2D eigenvalue weighted by Gasteiger charge is 2.34. The number of carbonyl (C=O) groups is 1. The Bertz CT molecular complexity index is 712. The molecule has 1 aromatic rings. The highest BCUT2D eigenvalue weighted by molar-refractivity contribution is 7.57. The third-order valence-electron chi connectivity index (χ3n) is 4.19. The number of rotatable bonds is 15. The van der Waals surface area contributed by atoms with Crippen molar-refractivity contribution >= 4 is 42.6 Å². The van der Waals surface area contributed by atoms with Crippen LogP contribution in [0.1, 0.15) is 38.3 Å². The first kappa shape index (κ1) is 25.8. The lowest BCUT2D eigenvalue weighted by atomic mass is 10.3. The second-order valence-corrected chi connectivity index (χ2v) is 9.42. The molecule has 1 N–H and O–H groups in total. The van der Waals surface area contributed by atoms with E-state index in [1.165, 1.54) is 17.8 Å². The van der Waals surface area contributed by atoms with E-state index in [1.54, 1.807) is 6.92 Å². The molecule has 0 spiro atoms. The molecular weight excluding hydrogens is 446 g/mol. The molecule has 0 amide bonds. The van der Waals surface area contributed by atoms with Crippen LogP contribution in [0.3, 0.4) is 0 Å². The van der Waals surface area contributed by atoms with Gasteiger partial charge in [0.25, 0.3) is 7.52 Å². The summed E-state index contributed by atoms with van der Waals surface area (Å²) >= 11 is 11.7. The van der Waals surface area contributed by atoms with E-state index in [1.807, 2.05) is 0 Å². The van der Waals surface area contributed by atoms with Gasteiger partial charge in [-0.25, -0.2) is 9.65 Å². The van der Waals surface area contributed by atoms with Crippen LogP contribution in [0.2, 0.25) is 0 Å². The van der Waals surface area contributed by atoms with Crippen LogP contribution in [0.25, 0.3) is 0 Å². The quantitative estimate of drug-likeness (QED) is 0.102. The summed E-state index contributed by atoms with van der Waals surface area (Å²) in [6.45, 7) is 2.16. The molecule has 0 aliphatic heterocycles. The van der Waals surface area contributed by atoms with Gasteiger partial charge in [0.2, 0.25) is 0 Å². The number of ether oxygens (including phenoxy) is 1. The molecule has 0 saturated heterocycles. The zero-order valence-electron chi connectivity index (χ0n) is 16.5. The number of esters is 1. The average molecular weight is 473 g/mol. The SMILES string of the molecule is CCOC(=O)CCCNP(=O)(OCc1cnc([N+](=O)[O-])n1C)C(CCCl)CCCl. The summed E-state index contributed by atoms with van der Waals surface area (Å²) in [5.41, 5.74) is -0.0240. The van der Waals surface area contributed by atoms with Crippen molar-refractivity contribution in [1.29, 1.82) is 0 Å². The third kappa shape index (κ3) is 8.22. The fraction of sp³-hybridized carbons (Fsp3) is 0.750. The smallest absolute Gasteiger partial charge is 0.434 e. The number of nitrogens with one attached hydrogen (secondary N) is 1. The summed E-state index contributed by atoms with van der Waals surface area (Å²) in [5, 5.41) is 13.9. The molecule has 0 aromatic carbocycles. The molecule has 0 radical (unpaired) electrons. The van der Waals surface area contributed by atoms with E-state index in [0.717, 1.165) is 0 Å². The maximum absolute atomic E-state index is 13.6. The molecule has 0 aliphatic rings. The van der Waals surface area contributed by atoms with E-state index in [4.69, 9.17) is 32.5 Å². The molecule has 1 atom stereocenters. The van der Waals surface area contributed by atoms with Gasteiger partial charge in [0.05, 0.1) is 19.3 Å². The van der Waals surface area contributed by atoms with E-state index in [9.17, 15) is 19.5 Å². The van der Waals surface area contributed by atoms with Gasteiger partial charge in [-0.2, -0.15) is 0 Å². The van der Waals surface area contributed by atoms with Crippen molar-refractivity contribution in [2.24, 2.45) is 7.05 Å². The first-order chi connectivity index (χ1) is 13.8. The molecule has 29 heavy (non-hydrogen) atoms. The predicted octanol–water partition coefficient (Wildman–Crippen LogP) is 3.60. The summed E-state index contributed by atoms with van der Waals surface area (Å²) in [6, 6.07) is 0. The number of alkyl halides is 2. The second kappa shape index (κ2) is 13.2. The van der Waals surface area contributed by atoms with Gasteiger partial charge in [-0.1, -0.05) is 4.98 Å². The summed E-state index contributed by atoms with van der Waals surface area (Å²) in [6.07, 6.45) is 2.74. The molecule has 1 unspecified atom stereocenters. The zero-order chi connectivity index (χ0) is 21.9. The molecule has 1 heterocycles. The van der Waals surface area contributed by atoms with Gasteiger partial charge < -0.3 is 19.4 Å². The second-order valence-electron chi connectivity index (χ2n) is 6.16. The first-order valence-electron chi connectivity index (χ1n) is 9.21. The van der Waals surface area contributed by atoms with E-state index >= 15 is 0 Å². The van der Waals surface area contributed by atoms with Crippen molar-refractivity contribution in [3.8, 4) is 0 Å². The van der Waals surface area contributed by atoms with Crippen molar-refractivity contribution in [1.82, 2.24) is 14.6 Å². The van der Waals surface area contributed by atoms with Gasteiger partial charge in [0.15, 0.2) is 0 Å². The van der Waals surface area contributed by atoms with Gasteiger partial charge in [0, 0.05) is 24.7 Å². The fourth-order valence-electron chi connectivity index (χ4n) is 2.62. The average Bonchev–Trinajstić information content (AvgIpc) is 3.04. The topological polar surface area (TPSA) is 126 Å². The van der Waals surface area contributed by atoms with Crippen LogP contribution >= 0.6 is 30.7 Å². The van der Waals surface area contributed by atoms with E-state index in [2.05, 4.69) is 10.1 Å². The van der Waals surface area contributed by atoms with Gasteiger partial charge in [-0.3, -0.25) is 9.36 Å². The standard InChI is InChI=1S/C16H27Cl2N4O6P/c1-3-27-15(23)5-4-10-20-29(26,14(6-8-17)7-9-18)28-12-13-11-19-16(21(13)2)22(24)25/h11,14H,3-10,12H2,1-2H3,(H,20,26). The molecular formula is C16H27Cl2N4O6P. The monoisotopic (exact) mass is 472 g/mol. The van der Waals surface area contributed by atoms with E-state index in [0.29, 0.717) is 31.6 Å². The van der Waals surface area contributed by atoms with Crippen LogP contribution in [0.15, 0.2) is 6.20 Å². The fourth-order valence-corrected chi connectivity index (χ4v) is 5.74. The van der Waals surface area contributed by atoms with Crippen molar-refractivity contribution in [3.63, 3.8) is 0 Å². The maximum atomic E-state index is 13.6. The summed E-state index contributed by atoms with van der Waals surface area (Å²) < 4.78 is 25.4. The Balaban J connectivity index is 2.85. The number of hydrogen-bond acceptors (Lipinski definition) is 7. The molecule has 0 saturated carbocycles. The number of hydrogen-bond donors (Lipinski definition) is 1. The minimum Gasteiger partial charge on any atom is -0.466 e. The highest BCUT2D eigenvalue weighted by atomic mass is 35.5. The molecule has 0 bridgehead atoms. The zero-order valence-corrected chi connectivity index (χ0v) is 18.9. The van der Waals surface area contributed by atoms with Crippen LogP contribution in [0, 0.1) is 10.1 Å². The van der Waals surface area contributed by atoms with Crippen molar-refractivity contribution < 1.29 is 23.5 Å². The lowest BCUT2D eigenvalue weighted by Crippen LogP contribution is -2.25. The minimum atomic E-state index is -3.42. The van der Waals surface area contributed by atoms with Crippen molar-refractivity contribution in [2.75, 3.05) is 24.9 Å². The Kier molecular flexibility index (Phi) is 11.7. The van der Waals surface area contributed by atoms with Gasteiger partial charge >= 0.3 is 11.9 Å². The van der Waals surface area contributed by atoms with Gasteiger partial charge in [-0.05, 0) is 31.1 Å². The normalized spacial score (nSPS) is 13.4. The van der Waals surface area contributed by atoms with Crippen LogP contribution in [-0.2, 0) is 32.3 Å². The lowest BCUT2D eigenvalue weighted by molar-refractivity contribution is -0.396. The van der Waals surface area contributed by atoms with Gasteiger partial charge in [0.1, 0.15) is 18.5 Å². The maximum Gasteiger partial charge on any atom is 0.434 e. The number of carbonyl (C=O) groups excluding carboxylic acids is 1. The number of halogens is 2. The van der Waals surface area contributed by atoms with Crippen LogP contribution in [0.5, 0.6) is 0 Å². The Labute approximate surface area is 179 Å². The van der Waals surface area contributed by atoms with Crippen molar-refractivity contribution in [3.05, 3.63) is 22.0 Å². The third-order valence-corrected chi connectivity index (χ3v) is 7.28. The Morgan fingerprint density at radius 1 is 1.41 bits per heavy atom. The number of imidazole rings is 1. The Morgan fingerprint density at radius 2 is 2.07 bits per heavy atom. The first-order valence-corrected chi connectivity index (χ1v) is 12.0. The molecule has 166 valence electrons. The lowest BCUT2D eigenvalue weighted by Gasteiger charge is -2.27. The van der Waals surface area contributed by atoms with Crippen LogP contribution in [-0.4, -0.2) is 51.0 Å². The highest BCUT2D eigenvalue weighted by Crippen LogP contribution is 2.51. The largest absolute Gasteiger partial charge is 0.466 e. The molecule has 10 nitrogen and oxygen atoms in total. The van der Waals surface area contributed by atoms with Crippen LogP contribution < -0.4 is 5.09 Å². The Hall–Kier alpha value is -1.19. The predicted molar refractivity (Wildman–Crippen MR) is 111 cm³/mol. The summed E-state index contributed by atoms with van der Waals surface area (Å²) in [7, 11) is -1.94. The number of nitro groups is 1. The van der Waals surface area contributed by atoms with Crippen molar-refractivity contribution in [2.45, 2.75) is 44.9 Å². The minimum absolute atomic E-state index is 0.138. The summed E-state index contributed by atoms with van der Waals surface area (Å²) in [5.74, 6) is -0.114. The molecule has 0 fully saturated rings. The molecule has 0 aliphatic carbocycles. The van der Waals surface area contributed by atoms with E-state index in [-0.39, 0.29) is 43.3 Å². The molecule has 1 aromatic heterocycles. The van der Waals surface area contributed by atoms with Gasteiger partial charge in [-0.15, -0.1) is 23.2 Å². The number of aromatic nitrogens is 2. The number of nitrogens with zero attached hydrogens (tertiary/aromatic N) is 3. The molecule has 13 heteroatoms. The molecule has 1 rings (SSSR count).